The molecule has 0 aliphatic heterocycles. The average molecular weight is 327 g/mol. The molecule has 0 saturated carbocycles. The number of nitrogens with one attached hydrogen (secondary N) is 2. The van der Waals surface area contributed by atoms with E-state index in [9.17, 15) is 4.79 Å². The van der Waals surface area contributed by atoms with Crippen LogP contribution in [0, 0.1) is 6.92 Å². The maximum absolute atomic E-state index is 11.4. The van der Waals surface area contributed by atoms with Crippen LogP contribution >= 0.6 is 0 Å². The summed E-state index contributed by atoms with van der Waals surface area (Å²) in [6.45, 7) is 9.74. The number of amides is 1. The molecule has 0 saturated heterocycles. The summed E-state index contributed by atoms with van der Waals surface area (Å²) in [6.07, 6.45) is 0.467. The Balaban J connectivity index is 2.14. The van der Waals surface area contributed by atoms with Gasteiger partial charge in [-0.15, -0.1) is 0 Å². The van der Waals surface area contributed by atoms with Crippen molar-refractivity contribution in [3.05, 3.63) is 36.2 Å². The van der Waals surface area contributed by atoms with E-state index in [4.69, 9.17) is 0 Å². The summed E-state index contributed by atoms with van der Waals surface area (Å²) in [5.74, 6) is 2.41. The van der Waals surface area contributed by atoms with Gasteiger partial charge in [-0.05, 0) is 45.0 Å². The highest BCUT2D eigenvalue weighted by atomic mass is 16.1. The van der Waals surface area contributed by atoms with Gasteiger partial charge in [0.2, 0.25) is 5.91 Å². The Morgan fingerprint density at radius 2 is 1.67 bits per heavy atom. The minimum atomic E-state index is 0.00555. The normalized spacial score (nSPS) is 10.3. The molecule has 0 atom stereocenters. The fourth-order valence-electron chi connectivity index (χ4n) is 2.36. The SMILES string of the molecule is CCC(=O)Nc1ccc(Nc2cc(N(CC)CC)nc(C)n2)cc1. The van der Waals surface area contributed by atoms with Crippen molar-refractivity contribution in [3.63, 3.8) is 0 Å². The van der Waals surface area contributed by atoms with Crippen LogP contribution in [0.25, 0.3) is 0 Å². The van der Waals surface area contributed by atoms with Crippen LogP contribution in [0.2, 0.25) is 0 Å². The number of aromatic nitrogens is 2. The first kappa shape index (κ1) is 17.7. The summed E-state index contributed by atoms with van der Waals surface area (Å²) >= 11 is 0. The molecule has 0 bridgehead atoms. The molecule has 2 aromatic rings. The van der Waals surface area contributed by atoms with Gasteiger partial charge < -0.3 is 15.5 Å². The predicted molar refractivity (Wildman–Crippen MR) is 99.0 cm³/mol. The molecule has 0 spiro atoms. The molecule has 6 heteroatoms. The second-order valence-electron chi connectivity index (χ2n) is 5.43. The predicted octanol–water partition coefficient (Wildman–Crippen LogP) is 3.72. The highest BCUT2D eigenvalue weighted by Crippen LogP contribution is 2.21. The average Bonchev–Trinajstić information content (AvgIpc) is 2.57. The van der Waals surface area contributed by atoms with Gasteiger partial charge in [0.05, 0.1) is 0 Å². The summed E-state index contributed by atoms with van der Waals surface area (Å²) < 4.78 is 0. The first-order valence-electron chi connectivity index (χ1n) is 8.33. The zero-order chi connectivity index (χ0) is 17.5. The first-order valence-corrected chi connectivity index (χ1v) is 8.33. The van der Waals surface area contributed by atoms with Crippen molar-refractivity contribution in [2.24, 2.45) is 0 Å². The molecule has 1 heterocycles. The van der Waals surface area contributed by atoms with E-state index in [1.165, 1.54) is 0 Å². The van der Waals surface area contributed by atoms with Crippen LogP contribution in [-0.2, 0) is 4.79 Å². The second-order valence-corrected chi connectivity index (χ2v) is 5.43. The van der Waals surface area contributed by atoms with Gasteiger partial charge >= 0.3 is 0 Å². The smallest absolute Gasteiger partial charge is 0.224 e. The number of hydrogen-bond donors (Lipinski definition) is 2. The van der Waals surface area contributed by atoms with Crippen LogP contribution < -0.4 is 15.5 Å². The summed E-state index contributed by atoms with van der Waals surface area (Å²) in [5, 5.41) is 6.12. The van der Waals surface area contributed by atoms with Gasteiger partial charge in [-0.2, -0.15) is 0 Å². The molecule has 0 unspecified atom stereocenters. The number of nitrogens with zero attached hydrogens (tertiary/aromatic N) is 3. The zero-order valence-electron chi connectivity index (χ0n) is 14.8. The fourth-order valence-corrected chi connectivity index (χ4v) is 2.36. The lowest BCUT2D eigenvalue weighted by molar-refractivity contribution is -0.115. The summed E-state index contributed by atoms with van der Waals surface area (Å²) in [7, 11) is 0. The molecule has 0 aliphatic rings. The summed E-state index contributed by atoms with van der Waals surface area (Å²) in [4.78, 5) is 22.5. The number of aryl methyl sites for hydroxylation is 1. The lowest BCUT2D eigenvalue weighted by Gasteiger charge is -2.20. The molecule has 0 radical (unpaired) electrons. The molecular formula is C18H25N5O. The van der Waals surface area contributed by atoms with Gasteiger partial charge in [-0.25, -0.2) is 9.97 Å². The second kappa shape index (κ2) is 8.29. The largest absolute Gasteiger partial charge is 0.357 e. The third-order valence-corrected chi connectivity index (χ3v) is 3.67. The van der Waals surface area contributed by atoms with E-state index < -0.39 is 0 Å². The molecule has 2 rings (SSSR count). The van der Waals surface area contributed by atoms with Crippen LogP contribution in [-0.4, -0.2) is 29.0 Å². The minimum absolute atomic E-state index is 0.00555. The molecule has 6 nitrogen and oxygen atoms in total. The third-order valence-electron chi connectivity index (χ3n) is 3.67. The van der Waals surface area contributed by atoms with Crippen molar-refractivity contribution in [3.8, 4) is 0 Å². The van der Waals surface area contributed by atoms with Crippen LogP contribution in [0.4, 0.5) is 23.0 Å². The van der Waals surface area contributed by atoms with Gasteiger partial charge in [0.1, 0.15) is 17.5 Å². The van der Waals surface area contributed by atoms with Gasteiger partial charge in [0.25, 0.3) is 0 Å². The van der Waals surface area contributed by atoms with E-state index in [1.807, 2.05) is 44.2 Å². The van der Waals surface area contributed by atoms with E-state index in [0.29, 0.717) is 6.42 Å². The van der Waals surface area contributed by atoms with Crippen molar-refractivity contribution in [1.82, 2.24) is 9.97 Å². The number of carbonyl (C=O) groups excluding carboxylic acids is 1. The molecule has 2 N–H and O–H groups in total. The van der Waals surface area contributed by atoms with Crippen molar-refractivity contribution in [1.29, 1.82) is 0 Å². The van der Waals surface area contributed by atoms with E-state index in [0.717, 1.165) is 41.9 Å². The molecule has 1 amide bonds. The monoisotopic (exact) mass is 327 g/mol. The maximum Gasteiger partial charge on any atom is 0.224 e. The zero-order valence-corrected chi connectivity index (χ0v) is 14.8. The number of hydrogen-bond acceptors (Lipinski definition) is 5. The third kappa shape index (κ3) is 4.68. The number of anilines is 4. The Kier molecular flexibility index (Phi) is 6.12. The van der Waals surface area contributed by atoms with Gasteiger partial charge in [-0.1, -0.05) is 6.92 Å². The number of benzene rings is 1. The van der Waals surface area contributed by atoms with Gasteiger partial charge in [0.15, 0.2) is 0 Å². The number of carbonyl (C=O) groups is 1. The Morgan fingerprint density at radius 3 is 2.25 bits per heavy atom. The van der Waals surface area contributed by atoms with Gasteiger partial charge in [-0.3, -0.25) is 4.79 Å². The van der Waals surface area contributed by atoms with Crippen molar-refractivity contribution >= 4 is 28.9 Å². The Hall–Kier alpha value is -2.63. The highest BCUT2D eigenvalue weighted by molar-refractivity contribution is 5.90. The van der Waals surface area contributed by atoms with E-state index in [1.54, 1.807) is 0 Å². The van der Waals surface area contributed by atoms with Crippen molar-refractivity contribution in [2.75, 3.05) is 28.6 Å². The van der Waals surface area contributed by atoms with Crippen LogP contribution in [0.1, 0.15) is 33.0 Å². The number of rotatable bonds is 7. The topological polar surface area (TPSA) is 70.2 Å². The molecule has 0 aliphatic carbocycles. The van der Waals surface area contributed by atoms with E-state index in [2.05, 4.69) is 39.3 Å². The van der Waals surface area contributed by atoms with Gasteiger partial charge in [0, 0.05) is 37.0 Å². The summed E-state index contributed by atoms with van der Waals surface area (Å²) in [5.41, 5.74) is 1.70. The highest BCUT2D eigenvalue weighted by Gasteiger charge is 2.08. The van der Waals surface area contributed by atoms with E-state index in [-0.39, 0.29) is 5.91 Å². The van der Waals surface area contributed by atoms with Crippen molar-refractivity contribution < 1.29 is 4.79 Å². The Labute approximate surface area is 143 Å². The van der Waals surface area contributed by atoms with Crippen LogP contribution in [0.3, 0.4) is 0 Å². The lowest BCUT2D eigenvalue weighted by atomic mass is 10.2. The quantitative estimate of drug-likeness (QED) is 0.811. The molecule has 1 aromatic heterocycles. The van der Waals surface area contributed by atoms with E-state index >= 15 is 0 Å². The molecule has 0 fully saturated rings. The molecule has 24 heavy (non-hydrogen) atoms. The molecule has 128 valence electrons. The Morgan fingerprint density at radius 1 is 1.04 bits per heavy atom. The van der Waals surface area contributed by atoms with Crippen molar-refractivity contribution in [2.45, 2.75) is 34.1 Å². The lowest BCUT2D eigenvalue weighted by Crippen LogP contribution is -2.23. The molecule has 1 aromatic carbocycles. The van der Waals surface area contributed by atoms with Crippen LogP contribution in [0.5, 0.6) is 0 Å². The summed E-state index contributed by atoms with van der Waals surface area (Å²) in [6, 6.07) is 9.52. The minimum Gasteiger partial charge on any atom is -0.357 e. The maximum atomic E-state index is 11.4. The first-order chi connectivity index (χ1) is 11.5. The van der Waals surface area contributed by atoms with Crippen LogP contribution in [0.15, 0.2) is 30.3 Å². The fraction of sp³-hybridized carbons (Fsp3) is 0.389. The molecular weight excluding hydrogens is 302 g/mol. The standard InChI is InChI=1S/C18H25N5O/c1-5-18(24)22-15-10-8-14(9-11-15)21-16-12-17(20-13(4)19-16)23(6-2)7-3/h8-12H,5-7H2,1-4H3,(H,22,24)(H,19,20,21). The Bertz CT molecular complexity index is 680.